The van der Waals surface area contributed by atoms with E-state index in [-0.39, 0.29) is 12.2 Å². The molecule has 5 nitrogen and oxygen atoms in total. The van der Waals surface area contributed by atoms with Crippen LogP contribution in [0.4, 0.5) is 0 Å². The molecule has 6 heteroatoms. The number of carbonyl (C=O) groups is 1. The minimum atomic E-state index is -0.661. The number of halogens is 1. The van der Waals surface area contributed by atoms with Crippen molar-refractivity contribution in [3.8, 4) is 11.8 Å². The van der Waals surface area contributed by atoms with Crippen molar-refractivity contribution in [3.63, 3.8) is 0 Å². The molecule has 3 rings (SSSR count). The second-order valence-corrected chi connectivity index (χ2v) is 6.41. The lowest BCUT2D eigenvalue weighted by Crippen LogP contribution is -2.06. The Balaban J connectivity index is 2.12. The van der Waals surface area contributed by atoms with Crippen molar-refractivity contribution < 1.29 is 14.3 Å². The average molecular weight is 395 g/mol. The SMILES string of the molecule is CCOC(=O)C(C#N)=Cc1c(Cl)n(Cc2cccc(OC)c2)c2ccccc12. The van der Waals surface area contributed by atoms with Crippen LogP contribution in [0, 0.1) is 11.3 Å². The number of benzene rings is 2. The molecule has 0 amide bonds. The zero-order chi connectivity index (χ0) is 20.1. The highest BCUT2D eigenvalue weighted by Crippen LogP contribution is 2.33. The number of esters is 1. The smallest absolute Gasteiger partial charge is 0.348 e. The van der Waals surface area contributed by atoms with E-state index in [9.17, 15) is 10.1 Å². The highest BCUT2D eigenvalue weighted by Gasteiger charge is 2.18. The third kappa shape index (κ3) is 3.88. The Kier molecular flexibility index (Phi) is 6.03. The molecule has 0 aliphatic rings. The van der Waals surface area contributed by atoms with Crippen LogP contribution in [-0.4, -0.2) is 24.3 Å². The fraction of sp³-hybridized carbons (Fsp3) is 0.182. The third-order valence-corrected chi connectivity index (χ3v) is 4.73. The maximum atomic E-state index is 12.0. The summed E-state index contributed by atoms with van der Waals surface area (Å²) in [4.78, 5) is 12.0. The number of nitriles is 1. The fourth-order valence-electron chi connectivity index (χ4n) is 3.03. The topological polar surface area (TPSA) is 64.2 Å². The Hall–Kier alpha value is -3.23. The van der Waals surface area contributed by atoms with Gasteiger partial charge >= 0.3 is 5.97 Å². The molecular formula is C22H19ClN2O3. The maximum absolute atomic E-state index is 12.0. The molecule has 1 heterocycles. The van der Waals surface area contributed by atoms with Crippen molar-refractivity contribution in [2.45, 2.75) is 13.5 Å². The van der Waals surface area contributed by atoms with Crippen molar-refractivity contribution in [2.75, 3.05) is 13.7 Å². The van der Waals surface area contributed by atoms with Gasteiger partial charge in [0, 0.05) is 17.5 Å². The summed E-state index contributed by atoms with van der Waals surface area (Å²) in [5.74, 6) is 0.102. The predicted octanol–water partition coefficient (Wildman–Crippen LogP) is 4.82. The fourth-order valence-corrected chi connectivity index (χ4v) is 3.34. The number of nitrogens with zero attached hydrogens (tertiary/aromatic N) is 2. The molecule has 0 unspecified atom stereocenters. The highest BCUT2D eigenvalue weighted by atomic mass is 35.5. The minimum Gasteiger partial charge on any atom is -0.497 e. The van der Waals surface area contributed by atoms with E-state index in [0.29, 0.717) is 17.3 Å². The first-order valence-electron chi connectivity index (χ1n) is 8.77. The molecule has 0 fully saturated rings. The van der Waals surface area contributed by atoms with Gasteiger partial charge in [0.15, 0.2) is 0 Å². The molecule has 28 heavy (non-hydrogen) atoms. The van der Waals surface area contributed by atoms with Crippen molar-refractivity contribution in [3.05, 3.63) is 70.4 Å². The molecule has 0 atom stereocenters. The van der Waals surface area contributed by atoms with Crippen LogP contribution in [-0.2, 0) is 16.1 Å². The van der Waals surface area contributed by atoms with Crippen LogP contribution in [0.1, 0.15) is 18.1 Å². The first kappa shape index (κ1) is 19.5. The number of para-hydroxylation sites is 1. The molecule has 0 spiro atoms. The Labute approximate surface area is 168 Å². The number of ether oxygens (including phenoxy) is 2. The lowest BCUT2D eigenvalue weighted by Gasteiger charge is -2.09. The van der Waals surface area contributed by atoms with Crippen LogP contribution in [0.2, 0.25) is 5.15 Å². The molecule has 3 aromatic rings. The molecule has 0 aliphatic heterocycles. The van der Waals surface area contributed by atoms with Gasteiger partial charge < -0.3 is 14.0 Å². The molecule has 0 saturated heterocycles. The van der Waals surface area contributed by atoms with E-state index in [1.54, 1.807) is 14.0 Å². The Morgan fingerprint density at radius 2 is 2.04 bits per heavy atom. The van der Waals surface area contributed by atoms with Gasteiger partial charge in [-0.05, 0) is 36.8 Å². The van der Waals surface area contributed by atoms with Crippen LogP contribution in [0.15, 0.2) is 54.1 Å². The molecule has 0 aliphatic carbocycles. The first-order chi connectivity index (χ1) is 13.6. The van der Waals surface area contributed by atoms with Crippen LogP contribution >= 0.6 is 11.6 Å². The number of carbonyl (C=O) groups excluding carboxylic acids is 1. The number of hydrogen-bond acceptors (Lipinski definition) is 4. The predicted molar refractivity (Wildman–Crippen MR) is 109 cm³/mol. The summed E-state index contributed by atoms with van der Waals surface area (Å²) < 4.78 is 12.2. The summed E-state index contributed by atoms with van der Waals surface area (Å²) in [6.45, 7) is 2.41. The van der Waals surface area contributed by atoms with Crippen LogP contribution in [0.5, 0.6) is 5.75 Å². The van der Waals surface area contributed by atoms with E-state index in [1.807, 2.05) is 59.2 Å². The van der Waals surface area contributed by atoms with Gasteiger partial charge in [0.1, 0.15) is 22.5 Å². The maximum Gasteiger partial charge on any atom is 0.348 e. The molecule has 142 valence electrons. The van der Waals surface area contributed by atoms with Gasteiger partial charge in [-0.15, -0.1) is 0 Å². The lowest BCUT2D eigenvalue weighted by atomic mass is 10.1. The van der Waals surface area contributed by atoms with Gasteiger partial charge in [0.2, 0.25) is 0 Å². The number of methoxy groups -OCH3 is 1. The zero-order valence-corrected chi connectivity index (χ0v) is 16.4. The van der Waals surface area contributed by atoms with Crippen molar-refractivity contribution in [1.82, 2.24) is 4.57 Å². The van der Waals surface area contributed by atoms with Gasteiger partial charge in [-0.2, -0.15) is 5.26 Å². The van der Waals surface area contributed by atoms with E-state index in [4.69, 9.17) is 21.1 Å². The molecule has 2 aromatic carbocycles. The first-order valence-corrected chi connectivity index (χ1v) is 9.15. The van der Waals surface area contributed by atoms with Crippen LogP contribution in [0.25, 0.3) is 17.0 Å². The molecule has 0 N–H and O–H groups in total. The van der Waals surface area contributed by atoms with Gasteiger partial charge in [-0.3, -0.25) is 0 Å². The zero-order valence-electron chi connectivity index (χ0n) is 15.6. The average Bonchev–Trinajstić information content (AvgIpc) is 2.97. The standard InChI is InChI=1S/C22H19ClN2O3/c1-3-28-22(26)16(13-24)12-19-18-9-4-5-10-20(18)25(21(19)23)14-15-7-6-8-17(11-15)27-2/h4-12H,3,14H2,1-2H3. The summed E-state index contributed by atoms with van der Waals surface area (Å²) in [5, 5.41) is 10.7. The van der Waals surface area contributed by atoms with Crippen molar-refractivity contribution >= 4 is 34.5 Å². The number of hydrogen-bond donors (Lipinski definition) is 0. The van der Waals surface area contributed by atoms with E-state index in [0.717, 1.165) is 22.2 Å². The Morgan fingerprint density at radius 1 is 1.25 bits per heavy atom. The van der Waals surface area contributed by atoms with Crippen molar-refractivity contribution in [2.24, 2.45) is 0 Å². The molecule has 1 aromatic heterocycles. The molecule has 0 bridgehead atoms. The van der Waals surface area contributed by atoms with Crippen LogP contribution in [0.3, 0.4) is 0 Å². The van der Waals surface area contributed by atoms with E-state index >= 15 is 0 Å². The highest BCUT2D eigenvalue weighted by molar-refractivity contribution is 6.33. The Bertz CT molecular complexity index is 1090. The summed E-state index contributed by atoms with van der Waals surface area (Å²) in [6.07, 6.45) is 1.49. The second-order valence-electron chi connectivity index (χ2n) is 6.05. The van der Waals surface area contributed by atoms with Gasteiger partial charge in [-0.1, -0.05) is 41.9 Å². The lowest BCUT2D eigenvalue weighted by molar-refractivity contribution is -0.137. The molecular weight excluding hydrogens is 376 g/mol. The minimum absolute atomic E-state index is 0.0898. The van der Waals surface area contributed by atoms with Crippen LogP contribution < -0.4 is 4.74 Å². The number of rotatable bonds is 6. The molecule has 0 saturated carbocycles. The summed E-state index contributed by atoms with van der Waals surface area (Å²) in [6, 6.07) is 17.3. The number of fused-ring (bicyclic) bond motifs is 1. The quantitative estimate of drug-likeness (QED) is 0.341. The van der Waals surface area contributed by atoms with Crippen molar-refractivity contribution in [1.29, 1.82) is 5.26 Å². The Morgan fingerprint density at radius 3 is 2.75 bits per heavy atom. The second kappa shape index (κ2) is 8.64. The monoisotopic (exact) mass is 394 g/mol. The third-order valence-electron chi connectivity index (χ3n) is 4.32. The molecule has 0 radical (unpaired) electrons. The van der Waals surface area contributed by atoms with E-state index in [1.165, 1.54) is 6.08 Å². The normalized spacial score (nSPS) is 11.3. The number of aromatic nitrogens is 1. The summed E-state index contributed by atoms with van der Waals surface area (Å²) in [5.41, 5.74) is 2.45. The van der Waals surface area contributed by atoms with Gasteiger partial charge in [-0.25, -0.2) is 4.79 Å². The van der Waals surface area contributed by atoms with E-state index in [2.05, 4.69) is 0 Å². The van der Waals surface area contributed by atoms with E-state index < -0.39 is 5.97 Å². The summed E-state index contributed by atoms with van der Waals surface area (Å²) >= 11 is 6.68. The largest absolute Gasteiger partial charge is 0.497 e. The van der Waals surface area contributed by atoms with Gasteiger partial charge in [0.25, 0.3) is 0 Å². The van der Waals surface area contributed by atoms with Gasteiger partial charge in [0.05, 0.1) is 19.2 Å². The summed E-state index contributed by atoms with van der Waals surface area (Å²) in [7, 11) is 1.62.